The van der Waals surface area contributed by atoms with Crippen molar-refractivity contribution >= 4 is 57.3 Å². The second kappa shape index (κ2) is 13.8. The molecule has 0 spiro atoms. The van der Waals surface area contributed by atoms with Crippen LogP contribution in [0.25, 0.3) is 0 Å². The molecule has 3 aromatic carbocycles. The van der Waals surface area contributed by atoms with Gasteiger partial charge >= 0.3 is 0 Å². The first-order valence-electron chi connectivity index (χ1n) is 15.2. The quantitative estimate of drug-likeness (QED) is 0.245. The van der Waals surface area contributed by atoms with Gasteiger partial charge in [0.15, 0.2) is 5.17 Å². The number of nitrogens with one attached hydrogen (secondary N) is 2. The van der Waals surface area contributed by atoms with Gasteiger partial charge in [0.2, 0.25) is 0 Å². The van der Waals surface area contributed by atoms with Gasteiger partial charge in [0, 0.05) is 37.3 Å². The van der Waals surface area contributed by atoms with E-state index in [1.165, 1.54) is 44.1 Å². The highest BCUT2D eigenvalue weighted by atomic mass is 32.2. The first-order valence-corrected chi connectivity index (χ1v) is 16.8. The highest BCUT2D eigenvalue weighted by Crippen LogP contribution is 2.51. The second-order valence-electron chi connectivity index (χ2n) is 11.1. The number of aliphatic imine (C=N–C) groups is 1. The molecule has 0 bridgehead atoms. The fourth-order valence-corrected chi connectivity index (χ4v) is 8.04. The largest absolute Gasteiger partial charge is 0.384 e. The molecule has 6 rings (SSSR count). The number of fused-ring (bicyclic) bond motifs is 1. The molecule has 3 aliphatic rings. The number of nitrogens with zero attached hydrogens (tertiary/aromatic N) is 5. The van der Waals surface area contributed by atoms with Crippen molar-refractivity contribution in [2.24, 2.45) is 4.99 Å². The van der Waals surface area contributed by atoms with E-state index in [-0.39, 0.29) is 5.91 Å². The smallest absolute Gasteiger partial charge is 0.269 e. The minimum atomic E-state index is -0.0684. The second-order valence-corrected chi connectivity index (χ2v) is 13.1. The normalized spacial score (nSPS) is 19.4. The monoisotopic (exact) mass is 623 g/mol. The third-order valence-corrected chi connectivity index (χ3v) is 10.4. The van der Waals surface area contributed by atoms with E-state index in [1.807, 2.05) is 50.4 Å². The first-order chi connectivity index (χ1) is 21.5. The number of amidine groups is 1. The van der Waals surface area contributed by atoms with Gasteiger partial charge < -0.3 is 20.4 Å². The summed E-state index contributed by atoms with van der Waals surface area (Å²) in [5.74, 6) is -0.0684. The van der Waals surface area contributed by atoms with E-state index >= 15 is 0 Å². The fourth-order valence-electron chi connectivity index (χ4n) is 5.66. The Bertz CT molecular complexity index is 1630. The molecule has 0 aromatic heterocycles. The zero-order chi connectivity index (χ0) is 30.5. The molecule has 0 radical (unpaired) electrons. The van der Waals surface area contributed by atoms with Gasteiger partial charge in [0.25, 0.3) is 5.91 Å². The lowest BCUT2D eigenvalue weighted by atomic mass is 10.1. The van der Waals surface area contributed by atoms with Crippen molar-refractivity contribution < 1.29 is 4.79 Å². The molecule has 226 valence electrons. The fraction of sp³-hybridized carbons (Fsp3) is 0.324. The Morgan fingerprint density at radius 2 is 1.80 bits per heavy atom. The lowest BCUT2D eigenvalue weighted by molar-refractivity contribution is -0.122. The molecule has 2 saturated heterocycles. The summed E-state index contributed by atoms with van der Waals surface area (Å²) in [4.78, 5) is 27.3. The molecular weight excluding hydrogens is 587 g/mol. The molecule has 3 aliphatic heterocycles. The minimum absolute atomic E-state index is 0.0684. The van der Waals surface area contributed by atoms with Gasteiger partial charge in [-0.25, -0.2) is 4.99 Å². The average molecular weight is 624 g/mol. The van der Waals surface area contributed by atoms with Crippen LogP contribution in [0.5, 0.6) is 0 Å². The molecule has 2 fully saturated rings. The number of likely N-dealkylation sites (tertiary alicyclic amines) is 1. The van der Waals surface area contributed by atoms with Crippen LogP contribution in [0.4, 0.5) is 22.7 Å². The number of benzene rings is 3. The maximum absolute atomic E-state index is 14.1. The van der Waals surface area contributed by atoms with Crippen LogP contribution in [-0.4, -0.2) is 60.6 Å². The van der Waals surface area contributed by atoms with Crippen LogP contribution in [0.2, 0.25) is 0 Å². The van der Waals surface area contributed by atoms with E-state index in [9.17, 15) is 10.1 Å². The van der Waals surface area contributed by atoms with Gasteiger partial charge in [-0.3, -0.25) is 9.69 Å². The molecule has 2 N–H and O–H groups in total. The van der Waals surface area contributed by atoms with E-state index in [1.54, 1.807) is 28.8 Å². The van der Waals surface area contributed by atoms with Gasteiger partial charge in [0.05, 0.1) is 40.3 Å². The highest BCUT2D eigenvalue weighted by Gasteiger charge is 2.39. The molecule has 3 heterocycles. The highest BCUT2D eigenvalue weighted by molar-refractivity contribution is 8.19. The summed E-state index contributed by atoms with van der Waals surface area (Å²) in [5.41, 5.74) is 5.20. The van der Waals surface area contributed by atoms with Crippen LogP contribution in [0.15, 0.2) is 86.6 Å². The molecule has 10 heteroatoms. The number of nitriles is 1. The van der Waals surface area contributed by atoms with Crippen LogP contribution in [-0.2, 0) is 11.3 Å². The van der Waals surface area contributed by atoms with Crippen molar-refractivity contribution in [3.8, 4) is 6.07 Å². The number of carbonyl (C=O) groups excluding carboxylic acids is 1. The van der Waals surface area contributed by atoms with Crippen molar-refractivity contribution in [2.45, 2.75) is 37.6 Å². The topological polar surface area (TPSA) is 87.0 Å². The lowest BCUT2D eigenvalue weighted by Crippen LogP contribution is -2.33. The number of piperidine rings is 1. The van der Waals surface area contributed by atoms with Crippen LogP contribution in [0.1, 0.15) is 37.3 Å². The Kier molecular flexibility index (Phi) is 9.45. The molecule has 8 nitrogen and oxygen atoms in total. The van der Waals surface area contributed by atoms with Gasteiger partial charge in [0.1, 0.15) is 4.91 Å². The molecule has 0 unspecified atom stereocenters. The summed E-state index contributed by atoms with van der Waals surface area (Å²) < 4.78 is 0. The Morgan fingerprint density at radius 1 is 0.977 bits per heavy atom. The van der Waals surface area contributed by atoms with Crippen LogP contribution >= 0.6 is 23.5 Å². The standard InChI is InChI=1S/C34H37N7OS2/c1-3-36-27-14-12-25(22-35)20-28(27)38-34-41(23-24-10-6-4-7-11-24)32(42)31(44-34)33-39(2)29-15-13-26(21-30(29)43-33)37-16-19-40-17-8-5-9-18-40/h4,6-7,10-15,20-21,36-37H,3,5,8-9,16-19,23H2,1-2H3/b33-31-,38-34+. The number of carbonyl (C=O) groups is 1. The first kappa shape index (κ1) is 30.1. The van der Waals surface area contributed by atoms with Crippen molar-refractivity contribution in [3.63, 3.8) is 0 Å². The van der Waals surface area contributed by atoms with Crippen molar-refractivity contribution in [2.75, 3.05) is 55.3 Å². The van der Waals surface area contributed by atoms with E-state index in [4.69, 9.17) is 4.99 Å². The molecule has 0 atom stereocenters. The van der Waals surface area contributed by atoms with E-state index in [0.717, 1.165) is 45.6 Å². The Balaban J connectivity index is 1.28. The summed E-state index contributed by atoms with van der Waals surface area (Å²) in [7, 11) is 2.02. The van der Waals surface area contributed by atoms with Crippen molar-refractivity contribution in [1.29, 1.82) is 5.26 Å². The average Bonchev–Trinajstić information content (AvgIpc) is 3.53. The number of amides is 1. The summed E-state index contributed by atoms with van der Waals surface area (Å²) in [6, 6.07) is 24.1. The summed E-state index contributed by atoms with van der Waals surface area (Å²) in [5, 5.41) is 18.0. The molecule has 44 heavy (non-hydrogen) atoms. The van der Waals surface area contributed by atoms with Crippen LogP contribution in [0.3, 0.4) is 0 Å². The zero-order valence-electron chi connectivity index (χ0n) is 25.2. The molecule has 0 aliphatic carbocycles. The predicted molar refractivity (Wildman–Crippen MR) is 184 cm³/mol. The maximum atomic E-state index is 14.1. The van der Waals surface area contributed by atoms with Gasteiger partial charge in [-0.05, 0) is 86.6 Å². The lowest BCUT2D eigenvalue weighted by Gasteiger charge is -2.26. The molecule has 3 aromatic rings. The zero-order valence-corrected chi connectivity index (χ0v) is 26.8. The maximum Gasteiger partial charge on any atom is 0.269 e. The number of thioether (sulfide) groups is 2. The number of anilines is 3. The molecule has 0 saturated carbocycles. The molecule has 1 amide bonds. The van der Waals surface area contributed by atoms with E-state index in [0.29, 0.717) is 34.4 Å². The SMILES string of the molecule is CCNc1ccc(C#N)cc1/N=C1/S/C(=C2\Sc3cc(NCCN4CCCCC4)ccc3N2C)C(=O)N1Cc1ccccc1. The van der Waals surface area contributed by atoms with E-state index < -0.39 is 0 Å². The van der Waals surface area contributed by atoms with Crippen molar-refractivity contribution in [3.05, 3.63) is 87.8 Å². The third-order valence-electron chi connectivity index (χ3n) is 7.99. The van der Waals surface area contributed by atoms with E-state index in [2.05, 4.69) is 44.7 Å². The van der Waals surface area contributed by atoms with Crippen molar-refractivity contribution in [1.82, 2.24) is 9.80 Å². The number of hydrogen-bond donors (Lipinski definition) is 2. The Morgan fingerprint density at radius 3 is 2.57 bits per heavy atom. The number of rotatable bonds is 9. The van der Waals surface area contributed by atoms with Crippen LogP contribution < -0.4 is 15.5 Å². The summed E-state index contributed by atoms with van der Waals surface area (Å²) in [6.45, 7) is 7.50. The van der Waals surface area contributed by atoms with Gasteiger partial charge in [-0.1, -0.05) is 48.5 Å². The van der Waals surface area contributed by atoms with Crippen LogP contribution in [0, 0.1) is 11.3 Å². The predicted octanol–water partition coefficient (Wildman–Crippen LogP) is 7.06. The summed E-state index contributed by atoms with van der Waals surface area (Å²) in [6.07, 6.45) is 3.95. The Hall–Kier alpha value is -3.91. The van der Waals surface area contributed by atoms with Gasteiger partial charge in [-0.2, -0.15) is 5.26 Å². The Labute approximate surface area is 268 Å². The molecular formula is C34H37N7OS2. The third kappa shape index (κ3) is 6.60. The minimum Gasteiger partial charge on any atom is -0.384 e. The number of hydrogen-bond acceptors (Lipinski definition) is 9. The summed E-state index contributed by atoms with van der Waals surface area (Å²) >= 11 is 3.03. The van der Waals surface area contributed by atoms with Gasteiger partial charge in [-0.15, -0.1) is 0 Å².